The zero-order valence-electron chi connectivity index (χ0n) is 19.8. The van der Waals surface area contributed by atoms with Crippen molar-refractivity contribution in [1.82, 2.24) is 10.6 Å². The molecule has 2 unspecified atom stereocenters. The second kappa shape index (κ2) is 18.4. The van der Waals surface area contributed by atoms with E-state index in [1.54, 1.807) is 0 Å². The smallest absolute Gasteiger partial charge is 0.0127 e. The van der Waals surface area contributed by atoms with E-state index in [9.17, 15) is 0 Å². The lowest BCUT2D eigenvalue weighted by molar-refractivity contribution is 0.252. The minimum absolute atomic E-state index is 0. The van der Waals surface area contributed by atoms with Crippen molar-refractivity contribution in [2.24, 2.45) is 5.92 Å². The molecule has 170 valence electrons. The van der Waals surface area contributed by atoms with Gasteiger partial charge < -0.3 is 10.6 Å². The topological polar surface area (TPSA) is 24.1 Å². The summed E-state index contributed by atoms with van der Waals surface area (Å²) in [7, 11) is 0. The quantitative estimate of drug-likeness (QED) is 0.146. The van der Waals surface area contributed by atoms with E-state index >= 15 is 0 Å². The first-order valence-corrected chi connectivity index (χ1v) is 12.6. The number of unbranched alkanes of at least 4 members (excludes halogenated alkanes) is 12. The summed E-state index contributed by atoms with van der Waals surface area (Å²) in [5, 5.41) is 7.52. The van der Waals surface area contributed by atoms with Crippen LogP contribution < -0.4 is 10.6 Å². The summed E-state index contributed by atoms with van der Waals surface area (Å²) in [5.41, 5.74) is 0.293. The van der Waals surface area contributed by atoms with Gasteiger partial charge in [0.25, 0.3) is 0 Å². The molecule has 1 aliphatic rings. The van der Waals surface area contributed by atoms with Crippen LogP contribution in [0.15, 0.2) is 0 Å². The van der Waals surface area contributed by atoms with Crippen LogP contribution in [0.5, 0.6) is 0 Å². The molecule has 0 aromatic heterocycles. The van der Waals surface area contributed by atoms with E-state index in [1.165, 1.54) is 116 Å². The lowest BCUT2D eigenvalue weighted by Gasteiger charge is -2.34. The van der Waals surface area contributed by atoms with Gasteiger partial charge in [0.2, 0.25) is 0 Å². The van der Waals surface area contributed by atoms with E-state index in [0.29, 0.717) is 11.6 Å². The first-order chi connectivity index (χ1) is 13.1. The summed E-state index contributed by atoms with van der Waals surface area (Å²) < 4.78 is 0. The molecule has 1 rings (SSSR count). The third-order valence-corrected chi connectivity index (χ3v) is 6.59. The first-order valence-electron chi connectivity index (χ1n) is 12.6. The molecule has 0 spiro atoms. The number of hydrogen-bond donors (Lipinski definition) is 2. The summed E-state index contributed by atoms with van der Waals surface area (Å²) in [6, 6.07) is 0.692. The zero-order valence-corrected chi connectivity index (χ0v) is 22.1. The Morgan fingerprint density at radius 2 is 1.32 bits per heavy atom. The molecule has 0 aliphatic carbocycles. The van der Waals surface area contributed by atoms with Gasteiger partial charge in [-0.15, -0.1) is 24.0 Å². The fourth-order valence-electron chi connectivity index (χ4n) is 4.73. The van der Waals surface area contributed by atoms with Crippen LogP contribution in [0.3, 0.4) is 0 Å². The molecular weight excluding hydrogens is 455 g/mol. The van der Waals surface area contributed by atoms with Crippen LogP contribution >= 0.6 is 24.0 Å². The predicted molar refractivity (Wildman–Crippen MR) is 138 cm³/mol. The Hall–Kier alpha value is 0.650. The largest absolute Gasteiger partial charge is 0.316 e. The van der Waals surface area contributed by atoms with Gasteiger partial charge in [0.05, 0.1) is 0 Å². The van der Waals surface area contributed by atoms with Crippen molar-refractivity contribution in [2.45, 2.75) is 142 Å². The molecule has 0 aromatic rings. The molecule has 2 nitrogen and oxygen atoms in total. The van der Waals surface area contributed by atoms with Crippen molar-refractivity contribution in [3.05, 3.63) is 0 Å². The Morgan fingerprint density at radius 3 is 1.75 bits per heavy atom. The van der Waals surface area contributed by atoms with Gasteiger partial charge in [-0.2, -0.15) is 0 Å². The highest BCUT2D eigenvalue weighted by Crippen LogP contribution is 2.22. The summed E-state index contributed by atoms with van der Waals surface area (Å²) in [6.45, 7) is 11.9. The predicted octanol–water partition coefficient (Wildman–Crippen LogP) is 7.84. The Labute approximate surface area is 195 Å². The van der Waals surface area contributed by atoms with Gasteiger partial charge in [0, 0.05) is 11.6 Å². The van der Waals surface area contributed by atoms with Crippen LogP contribution in [0, 0.1) is 5.92 Å². The molecular formula is C25H53IN2. The van der Waals surface area contributed by atoms with E-state index in [1.807, 2.05) is 0 Å². The number of rotatable bonds is 18. The van der Waals surface area contributed by atoms with E-state index in [4.69, 9.17) is 0 Å². The lowest BCUT2D eigenvalue weighted by Crippen LogP contribution is -2.49. The average Bonchev–Trinajstić information content (AvgIpc) is 3.18. The molecule has 0 aromatic carbocycles. The molecule has 1 aliphatic heterocycles. The fourth-order valence-corrected chi connectivity index (χ4v) is 4.73. The number of halogens is 1. The normalized spacial score (nSPS) is 18.2. The number of hydrogen-bond acceptors (Lipinski definition) is 2. The van der Waals surface area contributed by atoms with Gasteiger partial charge in [-0.1, -0.05) is 97.3 Å². The molecule has 0 saturated carbocycles. The minimum atomic E-state index is 0. The minimum Gasteiger partial charge on any atom is -0.316 e. The molecule has 1 heterocycles. The van der Waals surface area contributed by atoms with Crippen molar-refractivity contribution in [3.8, 4) is 0 Å². The SMILES string of the molecule is CCCCCCCCCCCCCCCC(C)(C)NC(CC)C1CCNC1.I. The van der Waals surface area contributed by atoms with Gasteiger partial charge in [0.1, 0.15) is 0 Å². The summed E-state index contributed by atoms with van der Waals surface area (Å²) >= 11 is 0. The maximum Gasteiger partial charge on any atom is 0.0127 e. The van der Waals surface area contributed by atoms with Gasteiger partial charge in [-0.05, 0) is 52.1 Å². The van der Waals surface area contributed by atoms with Crippen molar-refractivity contribution in [2.75, 3.05) is 13.1 Å². The molecule has 2 atom stereocenters. The molecule has 3 heteroatoms. The van der Waals surface area contributed by atoms with Crippen LogP contribution in [-0.4, -0.2) is 24.7 Å². The zero-order chi connectivity index (χ0) is 19.8. The summed E-state index contributed by atoms with van der Waals surface area (Å²) in [5.74, 6) is 0.834. The van der Waals surface area contributed by atoms with Crippen molar-refractivity contribution in [3.63, 3.8) is 0 Å². The van der Waals surface area contributed by atoms with Gasteiger partial charge >= 0.3 is 0 Å². The van der Waals surface area contributed by atoms with E-state index in [2.05, 4.69) is 38.3 Å². The molecule has 28 heavy (non-hydrogen) atoms. The fraction of sp³-hybridized carbons (Fsp3) is 1.00. The Balaban J connectivity index is 0.00000729. The standard InChI is InChI=1S/C25H52N2.HI/c1-5-7-8-9-10-11-12-13-14-15-16-17-18-20-25(3,4)27-24(6-2)23-19-21-26-22-23;/h23-24,26-27H,5-22H2,1-4H3;1H. The average molecular weight is 509 g/mol. The molecule has 2 N–H and O–H groups in total. The highest BCUT2D eigenvalue weighted by Gasteiger charge is 2.28. The number of nitrogens with one attached hydrogen (secondary N) is 2. The Kier molecular flexibility index (Phi) is 18.8. The van der Waals surface area contributed by atoms with Gasteiger partial charge in [-0.3, -0.25) is 0 Å². The second-order valence-corrected chi connectivity index (χ2v) is 9.79. The second-order valence-electron chi connectivity index (χ2n) is 9.79. The van der Waals surface area contributed by atoms with Crippen molar-refractivity contribution >= 4 is 24.0 Å². The summed E-state index contributed by atoms with van der Waals surface area (Å²) in [4.78, 5) is 0. The molecule has 1 fully saturated rings. The van der Waals surface area contributed by atoms with Crippen LogP contribution in [0.1, 0.15) is 130 Å². The molecule has 1 saturated heterocycles. The molecule has 0 radical (unpaired) electrons. The van der Waals surface area contributed by atoms with Crippen LogP contribution in [0.2, 0.25) is 0 Å². The third-order valence-electron chi connectivity index (χ3n) is 6.59. The van der Waals surface area contributed by atoms with Crippen molar-refractivity contribution in [1.29, 1.82) is 0 Å². The van der Waals surface area contributed by atoms with E-state index < -0.39 is 0 Å². The lowest BCUT2D eigenvalue weighted by atomic mass is 9.90. The van der Waals surface area contributed by atoms with Gasteiger partial charge in [-0.25, -0.2) is 0 Å². The highest BCUT2D eigenvalue weighted by molar-refractivity contribution is 14.0. The van der Waals surface area contributed by atoms with E-state index in [0.717, 1.165) is 5.92 Å². The first kappa shape index (κ1) is 28.6. The van der Waals surface area contributed by atoms with Crippen LogP contribution in [0.4, 0.5) is 0 Å². The molecule has 0 amide bonds. The van der Waals surface area contributed by atoms with Crippen LogP contribution in [-0.2, 0) is 0 Å². The van der Waals surface area contributed by atoms with Crippen LogP contribution in [0.25, 0.3) is 0 Å². The summed E-state index contributed by atoms with van der Waals surface area (Å²) in [6.07, 6.45) is 22.7. The monoisotopic (exact) mass is 508 g/mol. The highest BCUT2D eigenvalue weighted by atomic mass is 127. The third kappa shape index (κ3) is 14.6. The van der Waals surface area contributed by atoms with Crippen molar-refractivity contribution < 1.29 is 0 Å². The van der Waals surface area contributed by atoms with Gasteiger partial charge in [0.15, 0.2) is 0 Å². The Morgan fingerprint density at radius 1 is 0.821 bits per heavy atom. The molecule has 0 bridgehead atoms. The van der Waals surface area contributed by atoms with E-state index in [-0.39, 0.29) is 24.0 Å². The maximum absolute atomic E-state index is 3.99. The Bertz CT molecular complexity index is 327. The maximum atomic E-state index is 3.99.